The summed E-state index contributed by atoms with van der Waals surface area (Å²) in [7, 11) is 0. The Morgan fingerprint density at radius 2 is 1.80 bits per heavy atom. The van der Waals surface area contributed by atoms with E-state index in [1.807, 2.05) is 36.4 Å². The van der Waals surface area contributed by atoms with E-state index >= 15 is 0 Å². The van der Waals surface area contributed by atoms with Crippen molar-refractivity contribution >= 4 is 23.0 Å². The molecule has 3 aromatic rings. The van der Waals surface area contributed by atoms with Gasteiger partial charge in [-0.15, -0.1) is 0 Å². The van der Waals surface area contributed by atoms with Crippen molar-refractivity contribution in [2.24, 2.45) is 0 Å². The maximum atomic E-state index is 12.5. The van der Waals surface area contributed by atoms with Gasteiger partial charge in [-0.25, -0.2) is 0 Å². The van der Waals surface area contributed by atoms with Crippen LogP contribution >= 0.6 is 0 Å². The lowest BCUT2D eigenvalue weighted by Gasteiger charge is -2.24. The van der Waals surface area contributed by atoms with Gasteiger partial charge in [0.25, 0.3) is 0 Å². The third kappa shape index (κ3) is 4.81. The first-order chi connectivity index (χ1) is 14.7. The molecule has 0 bridgehead atoms. The van der Waals surface area contributed by atoms with Crippen LogP contribution in [0.15, 0.2) is 59.0 Å². The predicted octanol–water partition coefficient (Wildman–Crippen LogP) is 2.74. The SMILES string of the molecule is CCc1oc2ccccc2c1/C=C/C(=O)NCc1ccccc1C[NH+]1CCOCC1. The molecule has 5 nitrogen and oxygen atoms in total. The van der Waals surface area contributed by atoms with Gasteiger partial charge in [-0.1, -0.05) is 49.4 Å². The van der Waals surface area contributed by atoms with Gasteiger partial charge in [-0.05, 0) is 17.7 Å². The van der Waals surface area contributed by atoms with Crippen LogP contribution in [-0.4, -0.2) is 32.2 Å². The van der Waals surface area contributed by atoms with E-state index in [4.69, 9.17) is 9.15 Å². The highest BCUT2D eigenvalue weighted by Gasteiger charge is 2.16. The first-order valence-corrected chi connectivity index (χ1v) is 10.7. The third-order valence-electron chi connectivity index (χ3n) is 5.65. The molecule has 1 aliphatic rings. The standard InChI is InChI=1S/C25H28N2O3/c1-2-23-22(21-9-5-6-10-24(21)30-23)11-12-25(28)26-17-19-7-3-4-8-20(19)18-27-13-15-29-16-14-27/h3-12H,2,13-18H2,1H3,(H,26,28)/p+1/b12-11+. The van der Waals surface area contributed by atoms with E-state index in [9.17, 15) is 4.79 Å². The number of fused-ring (bicyclic) bond motifs is 1. The first-order valence-electron chi connectivity index (χ1n) is 10.7. The van der Waals surface area contributed by atoms with Crippen molar-refractivity contribution in [1.82, 2.24) is 5.32 Å². The van der Waals surface area contributed by atoms with Gasteiger partial charge >= 0.3 is 0 Å². The topological polar surface area (TPSA) is 55.9 Å². The molecule has 0 saturated carbocycles. The third-order valence-corrected chi connectivity index (χ3v) is 5.65. The lowest BCUT2D eigenvalue weighted by molar-refractivity contribution is -0.921. The second-order valence-corrected chi connectivity index (χ2v) is 7.65. The van der Waals surface area contributed by atoms with Crippen LogP contribution in [0.5, 0.6) is 0 Å². The molecular weight excluding hydrogens is 376 g/mol. The Balaban J connectivity index is 1.41. The van der Waals surface area contributed by atoms with Crippen molar-refractivity contribution in [3.05, 3.63) is 77.1 Å². The Bertz CT molecular complexity index is 1030. The van der Waals surface area contributed by atoms with Gasteiger partial charge in [0, 0.05) is 35.6 Å². The molecule has 156 valence electrons. The summed E-state index contributed by atoms with van der Waals surface area (Å²) in [6, 6.07) is 16.3. The number of furan rings is 1. The molecule has 0 aliphatic carbocycles. The van der Waals surface area contributed by atoms with Crippen LogP contribution in [0.2, 0.25) is 0 Å². The molecule has 1 aromatic heterocycles. The Hall–Kier alpha value is -2.89. The van der Waals surface area contributed by atoms with Gasteiger partial charge in [-0.3, -0.25) is 4.79 Å². The van der Waals surface area contributed by atoms with Crippen molar-refractivity contribution in [3.8, 4) is 0 Å². The summed E-state index contributed by atoms with van der Waals surface area (Å²) < 4.78 is 11.4. The minimum absolute atomic E-state index is 0.101. The molecule has 0 atom stereocenters. The Kier molecular flexibility index (Phi) is 6.62. The zero-order valence-corrected chi connectivity index (χ0v) is 17.4. The monoisotopic (exact) mass is 405 g/mol. The van der Waals surface area contributed by atoms with E-state index in [1.54, 1.807) is 6.08 Å². The van der Waals surface area contributed by atoms with Crippen LogP contribution in [0, 0.1) is 0 Å². The summed E-state index contributed by atoms with van der Waals surface area (Å²) in [5.74, 6) is 0.801. The van der Waals surface area contributed by atoms with Gasteiger partial charge in [0.1, 0.15) is 31.0 Å². The zero-order chi connectivity index (χ0) is 20.8. The summed E-state index contributed by atoms with van der Waals surface area (Å²) in [6.45, 7) is 7.25. The average molecular weight is 406 g/mol. The molecule has 4 rings (SSSR count). The molecular formula is C25H29N2O3+. The summed E-state index contributed by atoms with van der Waals surface area (Å²) in [6.07, 6.45) is 4.25. The Morgan fingerprint density at radius 3 is 2.60 bits per heavy atom. The van der Waals surface area contributed by atoms with Gasteiger partial charge in [-0.2, -0.15) is 0 Å². The number of para-hydroxylation sites is 1. The van der Waals surface area contributed by atoms with Crippen LogP contribution in [0.1, 0.15) is 29.4 Å². The van der Waals surface area contributed by atoms with E-state index in [1.165, 1.54) is 16.0 Å². The maximum Gasteiger partial charge on any atom is 0.244 e. The second kappa shape index (κ2) is 9.74. The number of aryl methyl sites for hydroxylation is 1. The minimum Gasteiger partial charge on any atom is -0.460 e. The average Bonchev–Trinajstić information content (AvgIpc) is 3.15. The Labute approximate surface area is 177 Å². The highest BCUT2D eigenvalue weighted by Crippen LogP contribution is 2.27. The molecule has 5 heteroatoms. The van der Waals surface area contributed by atoms with Crippen LogP contribution in [0.3, 0.4) is 0 Å². The van der Waals surface area contributed by atoms with Crippen molar-refractivity contribution in [3.63, 3.8) is 0 Å². The minimum atomic E-state index is -0.101. The normalized spacial score (nSPS) is 15.1. The molecule has 0 spiro atoms. The number of morpholine rings is 1. The van der Waals surface area contributed by atoms with E-state index in [-0.39, 0.29) is 5.91 Å². The molecule has 1 amide bonds. The molecule has 30 heavy (non-hydrogen) atoms. The summed E-state index contributed by atoms with van der Waals surface area (Å²) in [5, 5.41) is 4.07. The molecule has 2 N–H and O–H groups in total. The molecule has 2 aromatic carbocycles. The van der Waals surface area contributed by atoms with Crippen LogP contribution in [0.25, 0.3) is 17.0 Å². The van der Waals surface area contributed by atoms with Crippen molar-refractivity contribution in [2.75, 3.05) is 26.3 Å². The quantitative estimate of drug-likeness (QED) is 0.595. The fourth-order valence-electron chi connectivity index (χ4n) is 3.97. The van der Waals surface area contributed by atoms with E-state index in [2.05, 4.69) is 30.4 Å². The lowest BCUT2D eigenvalue weighted by atomic mass is 10.1. The second-order valence-electron chi connectivity index (χ2n) is 7.65. The van der Waals surface area contributed by atoms with Crippen molar-refractivity contribution in [1.29, 1.82) is 0 Å². The molecule has 0 unspecified atom stereocenters. The van der Waals surface area contributed by atoms with E-state index in [0.29, 0.717) is 6.54 Å². The summed E-state index contributed by atoms with van der Waals surface area (Å²) in [5.41, 5.74) is 4.29. The lowest BCUT2D eigenvalue weighted by Crippen LogP contribution is -3.12. The van der Waals surface area contributed by atoms with Crippen molar-refractivity contribution in [2.45, 2.75) is 26.4 Å². The number of hydrogen-bond donors (Lipinski definition) is 2. The number of carbonyl (C=O) groups is 1. The summed E-state index contributed by atoms with van der Waals surface area (Å²) >= 11 is 0. The summed E-state index contributed by atoms with van der Waals surface area (Å²) in [4.78, 5) is 14.0. The fourth-order valence-corrected chi connectivity index (χ4v) is 3.97. The highest BCUT2D eigenvalue weighted by molar-refractivity contribution is 5.96. The van der Waals surface area contributed by atoms with Crippen LogP contribution < -0.4 is 10.2 Å². The number of amides is 1. The number of ether oxygens (including phenoxy) is 1. The molecule has 1 saturated heterocycles. The zero-order valence-electron chi connectivity index (χ0n) is 17.4. The molecule has 1 fully saturated rings. The maximum absolute atomic E-state index is 12.5. The van der Waals surface area contributed by atoms with E-state index < -0.39 is 0 Å². The highest BCUT2D eigenvalue weighted by atomic mass is 16.5. The Morgan fingerprint density at radius 1 is 1.07 bits per heavy atom. The van der Waals surface area contributed by atoms with Crippen LogP contribution in [0.4, 0.5) is 0 Å². The first kappa shape index (κ1) is 20.4. The van der Waals surface area contributed by atoms with Gasteiger partial charge < -0.3 is 19.4 Å². The number of rotatable bonds is 7. The number of nitrogens with one attached hydrogen (secondary N) is 2. The number of carbonyl (C=O) groups excluding carboxylic acids is 1. The largest absolute Gasteiger partial charge is 0.460 e. The predicted molar refractivity (Wildman–Crippen MR) is 118 cm³/mol. The van der Waals surface area contributed by atoms with Gasteiger partial charge in [0.05, 0.1) is 13.2 Å². The number of benzene rings is 2. The van der Waals surface area contributed by atoms with Gasteiger partial charge in [0.15, 0.2) is 0 Å². The molecule has 2 heterocycles. The molecule has 0 radical (unpaired) electrons. The van der Waals surface area contributed by atoms with Gasteiger partial charge in [0.2, 0.25) is 5.91 Å². The fraction of sp³-hybridized carbons (Fsp3) is 0.320. The van der Waals surface area contributed by atoms with E-state index in [0.717, 1.165) is 61.6 Å². The smallest absolute Gasteiger partial charge is 0.244 e. The number of quaternary nitrogens is 1. The van der Waals surface area contributed by atoms with Crippen molar-refractivity contribution < 1.29 is 18.8 Å². The van der Waals surface area contributed by atoms with Crippen LogP contribution in [-0.2, 0) is 29.0 Å². The number of hydrogen-bond acceptors (Lipinski definition) is 3. The molecule has 1 aliphatic heterocycles.